The maximum Gasteiger partial charge on any atom is 0.322 e. The molecule has 1 atom stereocenters. The first-order valence-electron chi connectivity index (χ1n) is 12.0. The predicted molar refractivity (Wildman–Crippen MR) is 148 cm³/mol. The Morgan fingerprint density at radius 1 is 1.06 bits per heavy atom. The van der Waals surface area contributed by atoms with Crippen LogP contribution in [0.15, 0.2) is 71.5 Å². The summed E-state index contributed by atoms with van der Waals surface area (Å²) in [5.74, 6) is 0.510. The first kappa shape index (κ1) is 25.7. The maximum absolute atomic E-state index is 13.7. The Balaban J connectivity index is 1.85. The van der Waals surface area contributed by atoms with Crippen LogP contribution in [0, 0.1) is 6.92 Å². The number of urea groups is 1. The molecule has 1 aromatic heterocycles. The highest BCUT2D eigenvalue weighted by Gasteiger charge is 2.29. The number of amides is 2. The Hall–Kier alpha value is -3.35. The topological polar surface area (TPSA) is 67.2 Å². The first-order valence-corrected chi connectivity index (χ1v) is 12.7. The van der Waals surface area contributed by atoms with Gasteiger partial charge < -0.3 is 10.2 Å². The average Bonchev–Trinajstić information content (AvgIpc) is 2.86. The molecule has 1 N–H and O–H groups in total. The molecule has 0 saturated carbocycles. The zero-order valence-corrected chi connectivity index (χ0v) is 22.0. The number of aromatic nitrogens is 2. The summed E-state index contributed by atoms with van der Waals surface area (Å²) in [6, 6.07) is 19.1. The minimum Gasteiger partial charge on any atom is -0.314 e. The van der Waals surface area contributed by atoms with Crippen LogP contribution in [0.4, 0.5) is 10.5 Å². The van der Waals surface area contributed by atoms with Crippen LogP contribution in [0.5, 0.6) is 0 Å². The monoisotopic (exact) mass is 522 g/mol. The number of rotatable bonds is 7. The van der Waals surface area contributed by atoms with Crippen LogP contribution in [0.1, 0.15) is 44.1 Å². The molecule has 2 amide bonds. The van der Waals surface area contributed by atoms with E-state index in [-0.39, 0.29) is 11.6 Å². The van der Waals surface area contributed by atoms with Gasteiger partial charge in [-0.05, 0) is 62.2 Å². The van der Waals surface area contributed by atoms with Crippen molar-refractivity contribution in [2.75, 3.05) is 11.9 Å². The van der Waals surface area contributed by atoms with Crippen molar-refractivity contribution in [3.05, 3.63) is 98.5 Å². The van der Waals surface area contributed by atoms with Crippen molar-refractivity contribution in [3.8, 4) is 5.69 Å². The third kappa shape index (κ3) is 5.25. The van der Waals surface area contributed by atoms with Crippen molar-refractivity contribution in [1.29, 1.82) is 0 Å². The maximum atomic E-state index is 13.7. The van der Waals surface area contributed by atoms with E-state index in [1.165, 1.54) is 0 Å². The number of aryl methyl sites for hydroxylation is 1. The van der Waals surface area contributed by atoms with E-state index in [4.69, 9.17) is 28.2 Å². The molecule has 36 heavy (non-hydrogen) atoms. The van der Waals surface area contributed by atoms with E-state index in [2.05, 4.69) is 5.32 Å². The van der Waals surface area contributed by atoms with E-state index in [9.17, 15) is 9.59 Å². The van der Waals surface area contributed by atoms with E-state index < -0.39 is 6.04 Å². The molecule has 0 spiro atoms. The lowest BCUT2D eigenvalue weighted by atomic mass is 10.1. The highest BCUT2D eigenvalue weighted by Crippen LogP contribution is 2.29. The van der Waals surface area contributed by atoms with Gasteiger partial charge in [-0.25, -0.2) is 9.78 Å². The van der Waals surface area contributed by atoms with Gasteiger partial charge in [-0.2, -0.15) is 0 Å². The Morgan fingerprint density at radius 3 is 2.44 bits per heavy atom. The normalized spacial score (nSPS) is 11.9. The number of carbonyl (C=O) groups excluding carboxylic acids is 1. The van der Waals surface area contributed by atoms with Gasteiger partial charge >= 0.3 is 6.03 Å². The molecule has 1 heterocycles. The Labute approximate surface area is 220 Å². The van der Waals surface area contributed by atoms with E-state index in [0.717, 1.165) is 12.0 Å². The van der Waals surface area contributed by atoms with Crippen molar-refractivity contribution in [3.63, 3.8) is 0 Å². The van der Waals surface area contributed by atoms with Gasteiger partial charge in [-0.1, -0.05) is 66.9 Å². The largest absolute Gasteiger partial charge is 0.322 e. The highest BCUT2D eigenvalue weighted by atomic mass is 35.5. The zero-order valence-electron chi connectivity index (χ0n) is 20.5. The summed E-state index contributed by atoms with van der Waals surface area (Å²) in [7, 11) is 0. The van der Waals surface area contributed by atoms with Gasteiger partial charge in [0.15, 0.2) is 0 Å². The average molecular weight is 523 g/mol. The molecule has 4 aromatic rings. The summed E-state index contributed by atoms with van der Waals surface area (Å²) in [6.07, 6.45) is 1.28. The van der Waals surface area contributed by atoms with Gasteiger partial charge in [0.1, 0.15) is 5.82 Å². The quantitative estimate of drug-likeness (QED) is 0.275. The van der Waals surface area contributed by atoms with Crippen molar-refractivity contribution in [2.24, 2.45) is 0 Å². The fourth-order valence-corrected chi connectivity index (χ4v) is 4.73. The molecular formula is C28H28Cl2N4O2. The highest BCUT2D eigenvalue weighted by molar-refractivity contribution is 6.36. The molecule has 0 radical (unpaired) electrons. The second-order valence-corrected chi connectivity index (χ2v) is 9.48. The van der Waals surface area contributed by atoms with Gasteiger partial charge in [0.25, 0.3) is 5.56 Å². The molecule has 6 nitrogen and oxygen atoms in total. The molecule has 0 fully saturated rings. The van der Waals surface area contributed by atoms with Crippen LogP contribution in [0.25, 0.3) is 16.6 Å². The number of nitrogens with zero attached hydrogens (tertiary/aromatic N) is 3. The van der Waals surface area contributed by atoms with Crippen LogP contribution < -0.4 is 10.9 Å². The summed E-state index contributed by atoms with van der Waals surface area (Å²) in [5.41, 5.74) is 2.67. The van der Waals surface area contributed by atoms with Crippen molar-refractivity contribution >= 4 is 45.8 Å². The molecule has 4 rings (SSSR count). The van der Waals surface area contributed by atoms with E-state index in [1.54, 1.807) is 33.7 Å². The number of hydrogen-bond donors (Lipinski definition) is 1. The Kier molecular flexibility index (Phi) is 7.97. The third-order valence-electron chi connectivity index (χ3n) is 6.05. The number of anilines is 1. The van der Waals surface area contributed by atoms with Crippen LogP contribution in [0.2, 0.25) is 10.0 Å². The van der Waals surface area contributed by atoms with E-state index in [1.807, 2.05) is 63.2 Å². The van der Waals surface area contributed by atoms with Crippen LogP contribution in [-0.2, 0) is 0 Å². The lowest BCUT2D eigenvalue weighted by Crippen LogP contribution is -2.41. The molecule has 1 unspecified atom stereocenters. The van der Waals surface area contributed by atoms with Crippen LogP contribution in [-0.4, -0.2) is 27.0 Å². The SMILES string of the molecule is CCCN(C(=O)Nc1ccc(Cl)cc1Cl)C(CC)c1nc2ccccc2c(=O)n1-c1ccc(C)cc1. The lowest BCUT2D eigenvalue weighted by molar-refractivity contribution is 0.181. The minimum absolute atomic E-state index is 0.171. The van der Waals surface area contributed by atoms with Gasteiger partial charge in [0, 0.05) is 11.6 Å². The Bertz CT molecular complexity index is 1450. The summed E-state index contributed by atoms with van der Waals surface area (Å²) < 4.78 is 1.63. The van der Waals surface area contributed by atoms with Crippen molar-refractivity contribution in [2.45, 2.75) is 39.7 Å². The lowest BCUT2D eigenvalue weighted by Gasteiger charge is -2.32. The van der Waals surface area contributed by atoms with Crippen molar-refractivity contribution in [1.82, 2.24) is 14.5 Å². The summed E-state index contributed by atoms with van der Waals surface area (Å²) in [4.78, 5) is 33.9. The van der Waals surface area contributed by atoms with E-state index in [0.29, 0.717) is 51.1 Å². The minimum atomic E-state index is -0.463. The number of carbonyl (C=O) groups is 1. The standard InChI is InChI=1S/C28H28Cl2N4O2/c1-4-16-33(28(36)32-24-15-12-19(29)17-22(24)30)25(5-2)26-31-23-9-7-6-8-21(23)27(35)34(26)20-13-10-18(3)11-14-20/h6-15,17,25H,4-5,16H2,1-3H3,(H,32,36). The number of nitrogens with one attached hydrogen (secondary N) is 1. The fourth-order valence-electron chi connectivity index (χ4n) is 4.28. The second-order valence-electron chi connectivity index (χ2n) is 8.64. The van der Waals surface area contributed by atoms with E-state index >= 15 is 0 Å². The van der Waals surface area contributed by atoms with Crippen molar-refractivity contribution < 1.29 is 4.79 Å². The summed E-state index contributed by atoms with van der Waals surface area (Å²) in [5, 5.41) is 4.26. The molecule has 0 saturated heterocycles. The van der Waals surface area contributed by atoms with Gasteiger partial charge in [0.2, 0.25) is 0 Å². The fraction of sp³-hybridized carbons (Fsp3) is 0.250. The van der Waals surface area contributed by atoms with Gasteiger partial charge in [0.05, 0.1) is 33.3 Å². The first-order chi connectivity index (χ1) is 17.3. The third-order valence-corrected chi connectivity index (χ3v) is 6.60. The smallest absolute Gasteiger partial charge is 0.314 e. The molecule has 8 heteroatoms. The summed E-state index contributed by atoms with van der Waals surface area (Å²) >= 11 is 12.3. The second kappa shape index (κ2) is 11.1. The van der Waals surface area contributed by atoms with Crippen LogP contribution >= 0.6 is 23.2 Å². The molecule has 3 aromatic carbocycles. The number of benzene rings is 3. The molecule has 0 bridgehead atoms. The number of halogens is 2. The summed E-state index contributed by atoms with van der Waals surface area (Å²) in [6.45, 7) is 6.45. The van der Waals surface area contributed by atoms with Gasteiger partial charge in [-0.3, -0.25) is 9.36 Å². The zero-order chi connectivity index (χ0) is 25.8. The number of fused-ring (bicyclic) bond motifs is 1. The molecule has 0 aliphatic rings. The molecule has 0 aliphatic carbocycles. The number of hydrogen-bond acceptors (Lipinski definition) is 3. The van der Waals surface area contributed by atoms with Gasteiger partial charge in [-0.15, -0.1) is 0 Å². The molecule has 0 aliphatic heterocycles. The molecular weight excluding hydrogens is 495 g/mol. The van der Waals surface area contributed by atoms with Crippen LogP contribution in [0.3, 0.4) is 0 Å². The number of para-hydroxylation sites is 1. The predicted octanol–water partition coefficient (Wildman–Crippen LogP) is 7.40. The Morgan fingerprint density at radius 2 is 1.78 bits per heavy atom. The molecule has 186 valence electrons.